The van der Waals surface area contributed by atoms with Crippen LogP contribution in [-0.4, -0.2) is 23.8 Å². The SMILES string of the molecule is Cc1cc([C@@H](C)O)ccc1OC1CCOC1=O. The van der Waals surface area contributed by atoms with Crippen LogP contribution in [0.2, 0.25) is 0 Å². The standard InChI is InChI=1S/C13H16O4/c1-8-7-10(9(2)14)3-4-11(8)17-12-5-6-16-13(12)15/h3-4,7,9,12,14H,5-6H2,1-2H3/t9-,12?/m1/s1. The molecule has 17 heavy (non-hydrogen) atoms. The van der Waals surface area contributed by atoms with Crippen LogP contribution in [0.15, 0.2) is 18.2 Å². The Morgan fingerprint density at radius 3 is 2.82 bits per heavy atom. The number of carbonyl (C=O) groups excluding carboxylic acids is 1. The molecule has 1 fully saturated rings. The van der Waals surface area contributed by atoms with E-state index in [-0.39, 0.29) is 5.97 Å². The van der Waals surface area contributed by atoms with Gasteiger partial charge in [-0.15, -0.1) is 0 Å². The fourth-order valence-electron chi connectivity index (χ4n) is 1.80. The highest BCUT2D eigenvalue weighted by atomic mass is 16.6. The molecular weight excluding hydrogens is 220 g/mol. The zero-order valence-corrected chi connectivity index (χ0v) is 9.97. The van der Waals surface area contributed by atoms with Crippen molar-refractivity contribution in [1.29, 1.82) is 0 Å². The van der Waals surface area contributed by atoms with Crippen LogP contribution in [-0.2, 0) is 9.53 Å². The quantitative estimate of drug-likeness (QED) is 0.812. The van der Waals surface area contributed by atoms with Crippen LogP contribution >= 0.6 is 0 Å². The topological polar surface area (TPSA) is 55.8 Å². The molecule has 0 spiro atoms. The minimum absolute atomic E-state index is 0.302. The third kappa shape index (κ3) is 2.58. The molecule has 0 saturated carbocycles. The van der Waals surface area contributed by atoms with Gasteiger partial charge in [0.25, 0.3) is 0 Å². The predicted molar refractivity (Wildman–Crippen MR) is 61.8 cm³/mol. The molecule has 0 radical (unpaired) electrons. The number of ether oxygens (including phenoxy) is 2. The van der Waals surface area contributed by atoms with E-state index in [1.807, 2.05) is 13.0 Å². The summed E-state index contributed by atoms with van der Waals surface area (Å²) in [6.45, 7) is 4.03. The number of aryl methyl sites for hydroxylation is 1. The Hall–Kier alpha value is -1.55. The number of hydrogen-bond donors (Lipinski definition) is 1. The highest BCUT2D eigenvalue weighted by Gasteiger charge is 2.28. The molecule has 4 heteroatoms. The van der Waals surface area contributed by atoms with Crippen LogP contribution in [0.1, 0.15) is 30.6 Å². The molecule has 0 amide bonds. The predicted octanol–water partition coefficient (Wildman–Crippen LogP) is 1.74. The third-order valence-corrected chi connectivity index (χ3v) is 2.84. The van der Waals surface area contributed by atoms with Crippen LogP contribution in [0.25, 0.3) is 0 Å². The summed E-state index contributed by atoms with van der Waals surface area (Å²) in [6, 6.07) is 5.44. The van der Waals surface area contributed by atoms with E-state index in [1.54, 1.807) is 19.1 Å². The van der Waals surface area contributed by atoms with Gasteiger partial charge in [0.1, 0.15) is 5.75 Å². The summed E-state index contributed by atoms with van der Waals surface area (Å²) in [4.78, 5) is 11.3. The molecule has 1 aliphatic rings. The first kappa shape index (κ1) is 11.9. The van der Waals surface area contributed by atoms with Gasteiger partial charge in [0, 0.05) is 6.42 Å². The fourth-order valence-corrected chi connectivity index (χ4v) is 1.80. The summed E-state index contributed by atoms with van der Waals surface area (Å²) in [5.41, 5.74) is 1.74. The minimum Gasteiger partial charge on any atom is -0.478 e. The smallest absolute Gasteiger partial charge is 0.347 e. The van der Waals surface area contributed by atoms with Crippen LogP contribution in [0.3, 0.4) is 0 Å². The van der Waals surface area contributed by atoms with Crippen LogP contribution in [0.4, 0.5) is 0 Å². The number of hydrogen-bond acceptors (Lipinski definition) is 4. The number of benzene rings is 1. The number of rotatable bonds is 3. The van der Waals surface area contributed by atoms with Gasteiger partial charge in [-0.2, -0.15) is 0 Å². The molecule has 2 atom stereocenters. The molecule has 0 bridgehead atoms. The Kier molecular flexibility index (Phi) is 3.33. The highest BCUT2D eigenvalue weighted by molar-refractivity contribution is 5.76. The van der Waals surface area contributed by atoms with Crippen molar-refractivity contribution in [1.82, 2.24) is 0 Å². The molecule has 1 saturated heterocycles. The molecule has 0 aromatic heterocycles. The zero-order valence-electron chi connectivity index (χ0n) is 9.97. The van der Waals surface area contributed by atoms with Gasteiger partial charge >= 0.3 is 5.97 Å². The Labute approximate surface area is 100 Å². The van der Waals surface area contributed by atoms with E-state index >= 15 is 0 Å². The van der Waals surface area contributed by atoms with E-state index in [2.05, 4.69) is 0 Å². The second-order valence-electron chi connectivity index (χ2n) is 4.26. The number of aliphatic hydroxyl groups excluding tert-OH is 1. The fraction of sp³-hybridized carbons (Fsp3) is 0.462. The molecule has 0 aliphatic carbocycles. The van der Waals surface area contributed by atoms with Crippen molar-refractivity contribution >= 4 is 5.97 Å². The van der Waals surface area contributed by atoms with Crippen molar-refractivity contribution in [2.24, 2.45) is 0 Å². The third-order valence-electron chi connectivity index (χ3n) is 2.84. The average molecular weight is 236 g/mol. The van der Waals surface area contributed by atoms with Gasteiger partial charge in [0.05, 0.1) is 12.7 Å². The summed E-state index contributed by atoms with van der Waals surface area (Å²) in [7, 11) is 0. The van der Waals surface area contributed by atoms with Crippen molar-refractivity contribution < 1.29 is 19.4 Å². The Morgan fingerprint density at radius 1 is 1.53 bits per heavy atom. The largest absolute Gasteiger partial charge is 0.478 e. The molecule has 2 rings (SSSR count). The van der Waals surface area contributed by atoms with E-state index in [0.717, 1.165) is 11.1 Å². The monoisotopic (exact) mass is 236 g/mol. The summed E-state index contributed by atoms with van der Waals surface area (Å²) in [6.07, 6.45) is -0.401. The molecule has 92 valence electrons. The van der Waals surface area contributed by atoms with Crippen molar-refractivity contribution in [3.8, 4) is 5.75 Å². The lowest BCUT2D eigenvalue weighted by Crippen LogP contribution is -2.22. The second-order valence-corrected chi connectivity index (χ2v) is 4.26. The lowest BCUT2D eigenvalue weighted by Gasteiger charge is -2.14. The Balaban J connectivity index is 2.14. The summed E-state index contributed by atoms with van der Waals surface area (Å²) < 4.78 is 10.4. The van der Waals surface area contributed by atoms with Gasteiger partial charge in [-0.1, -0.05) is 6.07 Å². The highest BCUT2D eigenvalue weighted by Crippen LogP contribution is 2.25. The van der Waals surface area contributed by atoms with Gasteiger partial charge in [-0.05, 0) is 37.1 Å². The second kappa shape index (κ2) is 4.75. The van der Waals surface area contributed by atoms with Crippen molar-refractivity contribution in [3.05, 3.63) is 29.3 Å². The van der Waals surface area contributed by atoms with Crippen molar-refractivity contribution in [2.45, 2.75) is 32.5 Å². The zero-order chi connectivity index (χ0) is 12.4. The van der Waals surface area contributed by atoms with Crippen LogP contribution in [0, 0.1) is 6.92 Å². The Bertz CT molecular complexity index is 425. The molecule has 1 aromatic carbocycles. The summed E-state index contributed by atoms with van der Waals surface area (Å²) in [5.74, 6) is 0.363. The molecule has 1 heterocycles. The average Bonchev–Trinajstić information content (AvgIpc) is 2.67. The molecule has 1 unspecified atom stereocenters. The maximum Gasteiger partial charge on any atom is 0.347 e. The molecule has 1 aliphatic heterocycles. The summed E-state index contributed by atoms with van der Waals surface area (Å²) in [5, 5.41) is 9.45. The van der Waals surface area contributed by atoms with Gasteiger partial charge in [0.2, 0.25) is 0 Å². The van der Waals surface area contributed by atoms with Gasteiger partial charge in [-0.25, -0.2) is 4.79 Å². The van der Waals surface area contributed by atoms with E-state index in [9.17, 15) is 9.90 Å². The normalized spacial score (nSPS) is 21.1. The Morgan fingerprint density at radius 2 is 2.29 bits per heavy atom. The molecule has 4 nitrogen and oxygen atoms in total. The van der Waals surface area contributed by atoms with Crippen molar-refractivity contribution in [3.63, 3.8) is 0 Å². The summed E-state index contributed by atoms with van der Waals surface area (Å²) >= 11 is 0. The van der Waals surface area contributed by atoms with Gasteiger partial charge in [-0.3, -0.25) is 0 Å². The van der Waals surface area contributed by atoms with E-state index in [4.69, 9.17) is 9.47 Å². The maximum absolute atomic E-state index is 11.3. The number of esters is 1. The number of aliphatic hydroxyl groups is 1. The first-order chi connectivity index (χ1) is 8.08. The van der Waals surface area contributed by atoms with E-state index in [0.29, 0.717) is 18.8 Å². The first-order valence-electron chi connectivity index (χ1n) is 5.70. The lowest BCUT2D eigenvalue weighted by atomic mass is 10.1. The molecule has 1 N–H and O–H groups in total. The minimum atomic E-state index is -0.501. The van der Waals surface area contributed by atoms with E-state index < -0.39 is 12.2 Å². The first-order valence-corrected chi connectivity index (χ1v) is 5.70. The lowest BCUT2D eigenvalue weighted by molar-refractivity contribution is -0.143. The van der Waals surface area contributed by atoms with Gasteiger partial charge < -0.3 is 14.6 Å². The van der Waals surface area contributed by atoms with Gasteiger partial charge in [0.15, 0.2) is 6.10 Å². The van der Waals surface area contributed by atoms with E-state index in [1.165, 1.54) is 0 Å². The maximum atomic E-state index is 11.3. The number of cyclic esters (lactones) is 1. The van der Waals surface area contributed by atoms with Crippen molar-refractivity contribution in [2.75, 3.05) is 6.61 Å². The van der Waals surface area contributed by atoms with Crippen LogP contribution in [0.5, 0.6) is 5.75 Å². The number of carbonyl (C=O) groups is 1. The van der Waals surface area contributed by atoms with Crippen LogP contribution < -0.4 is 4.74 Å². The molecular formula is C13H16O4. The molecule has 1 aromatic rings.